The van der Waals surface area contributed by atoms with E-state index in [2.05, 4.69) is 24.5 Å². The van der Waals surface area contributed by atoms with E-state index in [4.69, 9.17) is 4.74 Å². The molecule has 2 N–H and O–H groups in total. The summed E-state index contributed by atoms with van der Waals surface area (Å²) in [6.45, 7) is 10.9. The molecule has 0 saturated heterocycles. The normalized spacial score (nSPS) is 11.1. The van der Waals surface area contributed by atoms with Gasteiger partial charge in [0.25, 0.3) is 0 Å². The van der Waals surface area contributed by atoms with Crippen molar-refractivity contribution >= 4 is 0 Å². The highest BCUT2D eigenvalue weighted by Crippen LogP contribution is 1.97. The maximum atomic E-state index is 5.64. The van der Waals surface area contributed by atoms with E-state index >= 15 is 0 Å². The lowest BCUT2D eigenvalue weighted by molar-refractivity contribution is 0.129. The Bertz CT molecular complexity index is 159. The summed E-state index contributed by atoms with van der Waals surface area (Å²) in [6.07, 6.45) is 13.0. The molecule has 0 aliphatic rings. The summed E-state index contributed by atoms with van der Waals surface area (Å²) >= 11 is 0. The number of ether oxygens (including phenoxy) is 1. The molecule has 3 nitrogen and oxygen atoms in total. The second-order valence-electron chi connectivity index (χ2n) is 5.94. The smallest absolute Gasteiger partial charge is 0.0478 e. The van der Waals surface area contributed by atoms with E-state index in [0.717, 1.165) is 39.1 Å². The van der Waals surface area contributed by atoms with Gasteiger partial charge in [0.05, 0.1) is 0 Å². The molecule has 0 aromatic rings. The number of unbranched alkanes of at least 4 members (excludes halogenated alkanes) is 6. The molecular weight excluding hydrogens is 260 g/mol. The van der Waals surface area contributed by atoms with Gasteiger partial charge in [-0.2, -0.15) is 0 Å². The van der Waals surface area contributed by atoms with Crippen molar-refractivity contribution in [3.63, 3.8) is 0 Å². The van der Waals surface area contributed by atoms with Gasteiger partial charge in [0.15, 0.2) is 0 Å². The Hall–Kier alpha value is -0.120. The molecule has 3 heteroatoms. The maximum absolute atomic E-state index is 5.64. The van der Waals surface area contributed by atoms with Crippen LogP contribution in [0.2, 0.25) is 0 Å². The Balaban J connectivity index is 2.90. The molecule has 0 spiro atoms. The zero-order chi connectivity index (χ0) is 15.4. The standard InChI is InChI=1S/C18H40N2O/c1-3-5-7-9-13-19-15-11-17-21-18-12-16-20-14-10-8-6-4-2/h19-20H,3-18H2,1-2H3. The zero-order valence-electron chi connectivity index (χ0n) is 14.7. The first-order valence-corrected chi connectivity index (χ1v) is 9.41. The van der Waals surface area contributed by atoms with Gasteiger partial charge in [-0.05, 0) is 51.9 Å². The van der Waals surface area contributed by atoms with E-state index in [1.807, 2.05) is 0 Å². The average molecular weight is 301 g/mol. The highest BCUT2D eigenvalue weighted by Gasteiger charge is 1.92. The summed E-state index contributed by atoms with van der Waals surface area (Å²) in [5.41, 5.74) is 0. The SMILES string of the molecule is CCCCCCNCCCOCCCNCCCCCC. The van der Waals surface area contributed by atoms with E-state index < -0.39 is 0 Å². The molecule has 0 rings (SSSR count). The van der Waals surface area contributed by atoms with Crippen LogP contribution in [-0.4, -0.2) is 39.4 Å². The van der Waals surface area contributed by atoms with Gasteiger partial charge in [-0.15, -0.1) is 0 Å². The highest BCUT2D eigenvalue weighted by molar-refractivity contribution is 4.51. The van der Waals surface area contributed by atoms with Crippen molar-refractivity contribution < 1.29 is 4.74 Å². The topological polar surface area (TPSA) is 33.3 Å². The van der Waals surface area contributed by atoms with Crippen LogP contribution in [0, 0.1) is 0 Å². The Morgan fingerprint density at radius 3 is 1.38 bits per heavy atom. The molecule has 0 atom stereocenters. The molecule has 21 heavy (non-hydrogen) atoms. The minimum Gasteiger partial charge on any atom is -0.381 e. The molecular formula is C18H40N2O. The van der Waals surface area contributed by atoms with Crippen LogP contribution >= 0.6 is 0 Å². The Morgan fingerprint density at radius 2 is 0.952 bits per heavy atom. The molecule has 128 valence electrons. The van der Waals surface area contributed by atoms with E-state index in [9.17, 15) is 0 Å². The maximum Gasteiger partial charge on any atom is 0.0478 e. The van der Waals surface area contributed by atoms with Gasteiger partial charge < -0.3 is 15.4 Å². The Kier molecular flexibility index (Phi) is 19.8. The van der Waals surface area contributed by atoms with Crippen LogP contribution in [0.4, 0.5) is 0 Å². The fourth-order valence-electron chi connectivity index (χ4n) is 2.30. The van der Waals surface area contributed by atoms with Crippen LogP contribution in [0.15, 0.2) is 0 Å². The summed E-state index contributed by atoms with van der Waals surface area (Å²) in [5, 5.41) is 6.97. The molecule has 0 aliphatic carbocycles. The summed E-state index contributed by atoms with van der Waals surface area (Å²) < 4.78 is 5.64. The van der Waals surface area contributed by atoms with Crippen LogP contribution in [0.5, 0.6) is 0 Å². The van der Waals surface area contributed by atoms with Crippen molar-refractivity contribution in [1.82, 2.24) is 10.6 Å². The van der Waals surface area contributed by atoms with E-state index in [1.165, 1.54) is 64.5 Å². The summed E-state index contributed by atoms with van der Waals surface area (Å²) in [6, 6.07) is 0. The van der Waals surface area contributed by atoms with Crippen LogP contribution < -0.4 is 10.6 Å². The van der Waals surface area contributed by atoms with E-state index in [1.54, 1.807) is 0 Å². The quantitative estimate of drug-likeness (QED) is 0.374. The van der Waals surface area contributed by atoms with Gasteiger partial charge in [-0.3, -0.25) is 0 Å². The first kappa shape index (κ1) is 20.9. The predicted molar refractivity (Wildman–Crippen MR) is 94.1 cm³/mol. The van der Waals surface area contributed by atoms with E-state index in [-0.39, 0.29) is 0 Å². The second-order valence-corrected chi connectivity index (χ2v) is 5.94. The Morgan fingerprint density at radius 1 is 0.524 bits per heavy atom. The summed E-state index contributed by atoms with van der Waals surface area (Å²) in [4.78, 5) is 0. The largest absolute Gasteiger partial charge is 0.381 e. The zero-order valence-corrected chi connectivity index (χ0v) is 14.7. The fraction of sp³-hybridized carbons (Fsp3) is 1.00. The second kappa shape index (κ2) is 19.9. The fourth-order valence-corrected chi connectivity index (χ4v) is 2.30. The average Bonchev–Trinajstić information content (AvgIpc) is 2.50. The van der Waals surface area contributed by atoms with E-state index in [0.29, 0.717) is 0 Å². The molecule has 0 aliphatic heterocycles. The number of nitrogens with one attached hydrogen (secondary N) is 2. The molecule has 0 saturated carbocycles. The van der Waals surface area contributed by atoms with Gasteiger partial charge in [-0.25, -0.2) is 0 Å². The van der Waals surface area contributed by atoms with Crippen molar-refractivity contribution in [2.45, 2.75) is 78.1 Å². The lowest BCUT2D eigenvalue weighted by atomic mass is 10.2. The van der Waals surface area contributed by atoms with Crippen LogP contribution in [0.3, 0.4) is 0 Å². The molecule has 0 heterocycles. The van der Waals surface area contributed by atoms with Gasteiger partial charge in [0.2, 0.25) is 0 Å². The van der Waals surface area contributed by atoms with Gasteiger partial charge in [0, 0.05) is 13.2 Å². The molecule has 0 unspecified atom stereocenters. The van der Waals surface area contributed by atoms with Crippen LogP contribution in [-0.2, 0) is 4.74 Å². The van der Waals surface area contributed by atoms with Crippen LogP contribution in [0.25, 0.3) is 0 Å². The van der Waals surface area contributed by atoms with Crippen molar-refractivity contribution in [2.75, 3.05) is 39.4 Å². The summed E-state index contributed by atoms with van der Waals surface area (Å²) in [7, 11) is 0. The predicted octanol–water partition coefficient (Wildman–Crippen LogP) is 4.12. The monoisotopic (exact) mass is 300 g/mol. The summed E-state index contributed by atoms with van der Waals surface area (Å²) in [5.74, 6) is 0. The van der Waals surface area contributed by atoms with Gasteiger partial charge >= 0.3 is 0 Å². The van der Waals surface area contributed by atoms with Crippen LogP contribution in [0.1, 0.15) is 78.1 Å². The third-order valence-corrected chi connectivity index (χ3v) is 3.70. The first-order valence-electron chi connectivity index (χ1n) is 9.41. The lowest BCUT2D eigenvalue weighted by Gasteiger charge is -2.07. The van der Waals surface area contributed by atoms with Crippen molar-refractivity contribution in [2.24, 2.45) is 0 Å². The molecule has 0 fully saturated rings. The van der Waals surface area contributed by atoms with Crippen molar-refractivity contribution in [3.8, 4) is 0 Å². The van der Waals surface area contributed by atoms with Crippen molar-refractivity contribution in [3.05, 3.63) is 0 Å². The minimum atomic E-state index is 0.901. The third kappa shape index (κ3) is 19.9. The van der Waals surface area contributed by atoms with Gasteiger partial charge in [-0.1, -0.05) is 52.4 Å². The van der Waals surface area contributed by atoms with Gasteiger partial charge in [0.1, 0.15) is 0 Å². The lowest BCUT2D eigenvalue weighted by Crippen LogP contribution is -2.19. The minimum absolute atomic E-state index is 0.901. The molecule has 0 amide bonds. The molecule has 0 aromatic carbocycles. The molecule has 0 aromatic heterocycles. The highest BCUT2D eigenvalue weighted by atomic mass is 16.5. The molecule has 0 radical (unpaired) electrons. The Labute approximate surface area is 133 Å². The number of rotatable bonds is 18. The first-order chi connectivity index (χ1) is 10.4. The van der Waals surface area contributed by atoms with Crippen molar-refractivity contribution in [1.29, 1.82) is 0 Å². The molecule has 0 bridgehead atoms. The number of hydrogen-bond acceptors (Lipinski definition) is 3. The number of hydrogen-bond donors (Lipinski definition) is 2. The third-order valence-electron chi connectivity index (χ3n) is 3.70.